The second-order valence-corrected chi connectivity index (χ2v) is 13.4. The van der Waals surface area contributed by atoms with Crippen LogP contribution in [0.1, 0.15) is 54.9 Å². The van der Waals surface area contributed by atoms with E-state index in [1.54, 1.807) is 0 Å². The van der Waals surface area contributed by atoms with Crippen LogP contribution in [0.15, 0.2) is 0 Å². The highest BCUT2D eigenvalue weighted by atomic mass is 28.4. The third kappa shape index (κ3) is 10.5. The van der Waals surface area contributed by atoms with Gasteiger partial charge in [0.15, 0.2) is 8.32 Å². The van der Waals surface area contributed by atoms with Gasteiger partial charge in [0.25, 0.3) is 0 Å². The number of alkyl halides is 3. The topological polar surface area (TPSA) is 98.9 Å². The molecule has 0 aromatic carbocycles. The maximum absolute atomic E-state index is 12.2. The SMILES string of the molecule is CCOC(=O)[C@H](C)[C@H](O[Si](C)(C)C(C)(C)C)[C@@H](N)[C@@H](C)CC.O=C(O)C(F)(F)F. The first-order valence-corrected chi connectivity index (χ1v) is 12.6. The van der Waals surface area contributed by atoms with Crippen molar-refractivity contribution in [1.82, 2.24) is 0 Å². The summed E-state index contributed by atoms with van der Waals surface area (Å²) in [6, 6.07) is -0.168. The van der Waals surface area contributed by atoms with E-state index in [4.69, 9.17) is 24.8 Å². The highest BCUT2D eigenvalue weighted by Gasteiger charge is 2.43. The van der Waals surface area contributed by atoms with Gasteiger partial charge in [-0.2, -0.15) is 13.2 Å². The highest BCUT2D eigenvalue weighted by molar-refractivity contribution is 6.74. The molecule has 6 nitrogen and oxygen atoms in total. The van der Waals surface area contributed by atoms with Crippen molar-refractivity contribution in [3.8, 4) is 0 Å². The second-order valence-electron chi connectivity index (χ2n) is 8.65. The maximum atomic E-state index is 12.2. The Morgan fingerprint density at radius 1 is 1.10 bits per heavy atom. The van der Waals surface area contributed by atoms with Gasteiger partial charge in [-0.25, -0.2) is 4.79 Å². The van der Waals surface area contributed by atoms with Gasteiger partial charge >= 0.3 is 18.1 Å². The summed E-state index contributed by atoms with van der Waals surface area (Å²) in [7, 11) is -2.01. The van der Waals surface area contributed by atoms with E-state index in [1.807, 2.05) is 13.8 Å². The number of hydrogen-bond donors (Lipinski definition) is 2. The van der Waals surface area contributed by atoms with E-state index in [1.165, 1.54) is 0 Å². The van der Waals surface area contributed by atoms with Crippen molar-refractivity contribution < 1.29 is 37.0 Å². The molecule has 0 fully saturated rings. The van der Waals surface area contributed by atoms with E-state index in [0.717, 1.165) is 6.42 Å². The predicted molar refractivity (Wildman–Crippen MR) is 109 cm³/mol. The third-order valence-electron chi connectivity index (χ3n) is 5.31. The van der Waals surface area contributed by atoms with Crippen LogP contribution in [0.2, 0.25) is 18.1 Å². The van der Waals surface area contributed by atoms with Crippen LogP contribution in [-0.2, 0) is 18.8 Å². The van der Waals surface area contributed by atoms with E-state index in [-0.39, 0.29) is 29.1 Å². The molecule has 0 saturated heterocycles. The number of aliphatic carboxylic acids is 1. The first kappa shape index (κ1) is 30.1. The Bertz CT molecular complexity index is 521. The fourth-order valence-corrected chi connectivity index (χ4v) is 3.43. The van der Waals surface area contributed by atoms with E-state index in [0.29, 0.717) is 12.5 Å². The first-order valence-electron chi connectivity index (χ1n) is 9.73. The summed E-state index contributed by atoms with van der Waals surface area (Å²) in [6.45, 7) is 19.3. The molecule has 29 heavy (non-hydrogen) atoms. The van der Waals surface area contributed by atoms with Crippen LogP contribution in [0.4, 0.5) is 13.2 Å². The zero-order valence-electron chi connectivity index (χ0n) is 19.0. The van der Waals surface area contributed by atoms with Crippen molar-refractivity contribution in [2.24, 2.45) is 17.6 Å². The van der Waals surface area contributed by atoms with Crippen LogP contribution in [0.25, 0.3) is 0 Å². The van der Waals surface area contributed by atoms with Gasteiger partial charge in [0.1, 0.15) is 0 Å². The zero-order chi connectivity index (χ0) is 23.8. The average Bonchev–Trinajstić information content (AvgIpc) is 2.56. The molecule has 0 aliphatic heterocycles. The molecule has 0 aromatic heterocycles. The molecule has 174 valence electrons. The van der Waals surface area contributed by atoms with Crippen LogP contribution in [0.3, 0.4) is 0 Å². The number of carbonyl (C=O) groups is 2. The standard InChI is InChI=1S/C17H37NO3Si.C2HF3O2/c1-10-12(3)14(18)15(13(4)16(19)20-11-2)21-22(8,9)17(5,6)7;3-2(4,5)1(6)7/h12-15H,10-11,18H2,1-9H3;(H,6,7)/t12-,13+,14-,15-;/m0./s1. The van der Waals surface area contributed by atoms with E-state index in [2.05, 4.69) is 47.7 Å². The molecule has 0 rings (SSSR count). The smallest absolute Gasteiger partial charge is 0.475 e. The molecule has 0 bridgehead atoms. The summed E-state index contributed by atoms with van der Waals surface area (Å²) in [4.78, 5) is 21.1. The number of carboxylic acid groups (broad SMARTS) is 1. The van der Waals surface area contributed by atoms with Crippen LogP contribution in [0, 0.1) is 11.8 Å². The Hall–Kier alpha value is -1.13. The minimum atomic E-state index is -5.08. The Labute approximate surface area is 173 Å². The molecule has 4 atom stereocenters. The molecule has 0 aliphatic rings. The predicted octanol–water partition coefficient (Wildman–Crippen LogP) is 4.58. The molecule has 0 unspecified atom stereocenters. The lowest BCUT2D eigenvalue weighted by Gasteiger charge is -2.43. The molecule has 0 heterocycles. The van der Waals surface area contributed by atoms with E-state index in [9.17, 15) is 18.0 Å². The van der Waals surface area contributed by atoms with Crippen LogP contribution < -0.4 is 5.73 Å². The van der Waals surface area contributed by atoms with Crippen molar-refractivity contribution in [2.45, 2.75) is 91.3 Å². The normalized spacial score (nSPS) is 16.7. The summed E-state index contributed by atoms with van der Waals surface area (Å²) in [6.07, 6.45) is -4.41. The summed E-state index contributed by atoms with van der Waals surface area (Å²) in [5, 5.41) is 7.20. The van der Waals surface area contributed by atoms with Gasteiger partial charge in [-0.15, -0.1) is 0 Å². The number of hydrogen-bond acceptors (Lipinski definition) is 5. The van der Waals surface area contributed by atoms with Gasteiger partial charge in [-0.3, -0.25) is 4.79 Å². The highest BCUT2D eigenvalue weighted by Crippen LogP contribution is 2.39. The molecular formula is C19H38F3NO5Si. The number of halogens is 3. The van der Waals surface area contributed by atoms with Crippen molar-refractivity contribution in [1.29, 1.82) is 0 Å². The number of rotatable bonds is 8. The summed E-state index contributed by atoms with van der Waals surface area (Å²) < 4.78 is 43.5. The Kier molecular flexibility index (Phi) is 12.3. The minimum absolute atomic E-state index is 0.0782. The molecule has 0 radical (unpaired) electrons. The molecule has 0 spiro atoms. The van der Waals surface area contributed by atoms with Crippen molar-refractivity contribution >= 4 is 20.3 Å². The number of esters is 1. The van der Waals surface area contributed by atoms with Crippen molar-refractivity contribution in [3.63, 3.8) is 0 Å². The Balaban J connectivity index is 0. The fraction of sp³-hybridized carbons (Fsp3) is 0.895. The van der Waals surface area contributed by atoms with Gasteiger partial charge < -0.3 is 20.0 Å². The molecule has 0 saturated carbocycles. The fourth-order valence-electron chi connectivity index (χ4n) is 2.03. The van der Waals surface area contributed by atoms with Crippen LogP contribution in [-0.4, -0.2) is 50.3 Å². The van der Waals surface area contributed by atoms with Gasteiger partial charge in [-0.1, -0.05) is 41.0 Å². The molecule has 0 amide bonds. The number of nitrogens with two attached hydrogens (primary N) is 1. The van der Waals surface area contributed by atoms with E-state index >= 15 is 0 Å². The van der Waals surface area contributed by atoms with Crippen LogP contribution >= 0.6 is 0 Å². The van der Waals surface area contributed by atoms with Gasteiger partial charge in [0, 0.05) is 6.04 Å². The molecule has 0 aromatic rings. The molecular weight excluding hydrogens is 407 g/mol. The third-order valence-corrected chi connectivity index (χ3v) is 9.78. The van der Waals surface area contributed by atoms with E-state index < -0.39 is 20.5 Å². The Morgan fingerprint density at radius 2 is 1.52 bits per heavy atom. The summed E-state index contributed by atoms with van der Waals surface area (Å²) >= 11 is 0. The quantitative estimate of drug-likeness (QED) is 0.419. The summed E-state index contributed by atoms with van der Waals surface area (Å²) in [5.74, 6) is -3.03. The Morgan fingerprint density at radius 3 is 1.79 bits per heavy atom. The maximum Gasteiger partial charge on any atom is 0.490 e. The minimum Gasteiger partial charge on any atom is -0.475 e. The molecule has 0 aliphatic carbocycles. The zero-order valence-corrected chi connectivity index (χ0v) is 20.0. The van der Waals surface area contributed by atoms with Crippen molar-refractivity contribution in [2.75, 3.05) is 6.61 Å². The van der Waals surface area contributed by atoms with Gasteiger partial charge in [-0.05, 0) is 37.9 Å². The largest absolute Gasteiger partial charge is 0.490 e. The van der Waals surface area contributed by atoms with Gasteiger partial charge in [0.05, 0.1) is 18.6 Å². The lowest BCUT2D eigenvalue weighted by molar-refractivity contribution is -0.192. The number of ether oxygens (including phenoxy) is 1. The number of carboxylic acids is 1. The number of carbonyl (C=O) groups excluding carboxylic acids is 1. The molecule has 3 N–H and O–H groups in total. The first-order chi connectivity index (χ1) is 12.8. The average molecular weight is 446 g/mol. The second kappa shape index (κ2) is 11.9. The molecule has 10 heteroatoms. The van der Waals surface area contributed by atoms with Crippen LogP contribution in [0.5, 0.6) is 0 Å². The van der Waals surface area contributed by atoms with Crippen molar-refractivity contribution in [3.05, 3.63) is 0 Å². The lowest BCUT2D eigenvalue weighted by atomic mass is 9.89. The van der Waals surface area contributed by atoms with Gasteiger partial charge in [0.2, 0.25) is 0 Å². The lowest BCUT2D eigenvalue weighted by Crippen LogP contribution is -2.54. The summed E-state index contributed by atoms with van der Waals surface area (Å²) in [5.41, 5.74) is 6.45. The monoisotopic (exact) mass is 445 g/mol.